The highest BCUT2D eigenvalue weighted by atomic mass is 32.2. The third kappa shape index (κ3) is 5.34. The van der Waals surface area contributed by atoms with Gasteiger partial charge in [0.05, 0.1) is 6.04 Å². The zero-order valence-corrected chi connectivity index (χ0v) is 17.8. The first-order valence-electron chi connectivity index (χ1n) is 10.2. The summed E-state index contributed by atoms with van der Waals surface area (Å²) in [5.74, 6) is 0.215. The van der Waals surface area contributed by atoms with Crippen LogP contribution in [0.5, 0.6) is 0 Å². The molecule has 3 rings (SSSR count). The molecule has 8 nitrogen and oxygen atoms in total. The summed E-state index contributed by atoms with van der Waals surface area (Å²) < 4.78 is 26.4. The first-order valence-corrected chi connectivity index (χ1v) is 11.6. The van der Waals surface area contributed by atoms with Gasteiger partial charge < -0.3 is 10.6 Å². The molecule has 1 aliphatic carbocycles. The highest BCUT2D eigenvalue weighted by Crippen LogP contribution is 2.36. The molecule has 2 fully saturated rings. The number of anilines is 1. The third-order valence-electron chi connectivity index (χ3n) is 5.92. The first kappa shape index (κ1) is 21.7. The minimum atomic E-state index is -3.85. The molecule has 2 amide bonds. The van der Waals surface area contributed by atoms with E-state index in [2.05, 4.69) is 10.6 Å². The third-order valence-corrected chi connectivity index (χ3v) is 7.33. The lowest BCUT2D eigenvalue weighted by molar-refractivity contribution is -0.119. The SMILES string of the molecule is CN(C)S(=O)(=O)NC(=O)c1ccc(NC(=O)[C@H]2NCC[C@H]2C2CCCCC2)cc1. The maximum atomic E-state index is 12.8. The zero-order valence-electron chi connectivity index (χ0n) is 17.0. The van der Waals surface area contributed by atoms with Crippen LogP contribution < -0.4 is 15.4 Å². The van der Waals surface area contributed by atoms with Crippen LogP contribution in [-0.4, -0.2) is 51.2 Å². The molecule has 1 saturated carbocycles. The first-order chi connectivity index (χ1) is 13.8. The molecule has 3 N–H and O–H groups in total. The van der Waals surface area contributed by atoms with Gasteiger partial charge in [0.2, 0.25) is 5.91 Å². The van der Waals surface area contributed by atoms with Crippen LogP contribution in [0.3, 0.4) is 0 Å². The van der Waals surface area contributed by atoms with E-state index in [-0.39, 0.29) is 17.5 Å². The van der Waals surface area contributed by atoms with Crippen LogP contribution in [0.2, 0.25) is 0 Å². The van der Waals surface area contributed by atoms with E-state index in [4.69, 9.17) is 0 Å². The van der Waals surface area contributed by atoms with Crippen molar-refractivity contribution in [1.29, 1.82) is 0 Å². The summed E-state index contributed by atoms with van der Waals surface area (Å²) in [6.07, 6.45) is 7.24. The summed E-state index contributed by atoms with van der Waals surface area (Å²) in [4.78, 5) is 24.9. The van der Waals surface area contributed by atoms with Crippen molar-refractivity contribution < 1.29 is 18.0 Å². The topological polar surface area (TPSA) is 108 Å². The van der Waals surface area contributed by atoms with Crippen LogP contribution in [0.15, 0.2) is 24.3 Å². The van der Waals surface area contributed by atoms with Crippen molar-refractivity contribution in [3.8, 4) is 0 Å². The molecule has 0 radical (unpaired) electrons. The largest absolute Gasteiger partial charge is 0.325 e. The summed E-state index contributed by atoms with van der Waals surface area (Å²) in [7, 11) is -1.17. The molecule has 1 aromatic carbocycles. The van der Waals surface area contributed by atoms with E-state index in [0.717, 1.165) is 17.3 Å². The monoisotopic (exact) mass is 422 g/mol. The average molecular weight is 423 g/mol. The number of nitrogens with one attached hydrogen (secondary N) is 3. The lowest BCUT2D eigenvalue weighted by Gasteiger charge is -2.30. The van der Waals surface area contributed by atoms with E-state index in [9.17, 15) is 18.0 Å². The van der Waals surface area contributed by atoms with Crippen molar-refractivity contribution in [2.24, 2.45) is 11.8 Å². The number of nitrogens with zero attached hydrogens (tertiary/aromatic N) is 1. The van der Waals surface area contributed by atoms with Crippen LogP contribution in [0.25, 0.3) is 0 Å². The number of rotatable bonds is 6. The average Bonchev–Trinajstić information content (AvgIpc) is 3.19. The predicted octanol–water partition coefficient (Wildman–Crippen LogP) is 1.72. The van der Waals surface area contributed by atoms with Crippen molar-refractivity contribution in [3.63, 3.8) is 0 Å². The van der Waals surface area contributed by atoms with Crippen LogP contribution in [-0.2, 0) is 15.0 Å². The van der Waals surface area contributed by atoms with Crippen molar-refractivity contribution in [2.45, 2.75) is 44.6 Å². The molecule has 0 bridgehead atoms. The standard InChI is InChI=1S/C20H30N4O4S/c1-24(2)29(27,28)23-19(25)15-8-10-16(11-9-15)22-20(26)18-17(12-13-21-18)14-6-4-3-5-7-14/h8-11,14,17-18,21H,3-7,12-13H2,1-2H3,(H,22,26)(H,23,25)/t17-,18-/m0/s1. The van der Waals surface area contributed by atoms with Gasteiger partial charge in [0, 0.05) is 25.3 Å². The smallest absolute Gasteiger partial charge is 0.303 e. The summed E-state index contributed by atoms with van der Waals surface area (Å²) >= 11 is 0. The van der Waals surface area contributed by atoms with Gasteiger partial charge in [-0.2, -0.15) is 12.7 Å². The van der Waals surface area contributed by atoms with Crippen molar-refractivity contribution in [3.05, 3.63) is 29.8 Å². The molecule has 0 unspecified atom stereocenters. The number of hydrogen-bond donors (Lipinski definition) is 3. The Labute approximate surface area is 172 Å². The molecule has 1 aliphatic heterocycles. The molecule has 9 heteroatoms. The molecular weight excluding hydrogens is 392 g/mol. The van der Waals surface area contributed by atoms with Gasteiger partial charge in [-0.25, -0.2) is 4.72 Å². The Kier molecular flexibility index (Phi) is 6.92. The lowest BCUT2D eigenvalue weighted by Crippen LogP contribution is -2.42. The van der Waals surface area contributed by atoms with E-state index < -0.39 is 16.1 Å². The number of amides is 2. The Morgan fingerprint density at radius 1 is 1.03 bits per heavy atom. The van der Waals surface area contributed by atoms with Gasteiger partial charge in [0.25, 0.3) is 5.91 Å². The number of carbonyl (C=O) groups is 2. The highest BCUT2D eigenvalue weighted by Gasteiger charge is 2.38. The second-order valence-electron chi connectivity index (χ2n) is 8.07. The number of hydrogen-bond acceptors (Lipinski definition) is 5. The molecule has 0 spiro atoms. The van der Waals surface area contributed by atoms with Gasteiger partial charge in [-0.05, 0) is 49.1 Å². The normalized spacial score (nSPS) is 23.1. The van der Waals surface area contributed by atoms with Crippen LogP contribution in [0.4, 0.5) is 5.69 Å². The van der Waals surface area contributed by atoms with Gasteiger partial charge >= 0.3 is 10.2 Å². The fraction of sp³-hybridized carbons (Fsp3) is 0.600. The lowest BCUT2D eigenvalue weighted by atomic mass is 9.76. The van der Waals surface area contributed by atoms with Crippen LogP contribution >= 0.6 is 0 Å². The predicted molar refractivity (Wildman–Crippen MR) is 112 cm³/mol. The highest BCUT2D eigenvalue weighted by molar-refractivity contribution is 7.87. The van der Waals surface area contributed by atoms with Crippen molar-refractivity contribution in [1.82, 2.24) is 14.3 Å². The fourth-order valence-corrected chi connectivity index (χ4v) is 4.81. The van der Waals surface area contributed by atoms with E-state index in [0.29, 0.717) is 17.5 Å². The van der Waals surface area contributed by atoms with Gasteiger partial charge in [0.15, 0.2) is 0 Å². The Balaban J connectivity index is 1.60. The second-order valence-corrected chi connectivity index (χ2v) is 9.95. The molecule has 160 valence electrons. The quantitative estimate of drug-likeness (QED) is 0.647. The zero-order chi connectivity index (χ0) is 21.0. The van der Waals surface area contributed by atoms with E-state index >= 15 is 0 Å². The molecule has 1 aromatic rings. The fourth-order valence-electron chi connectivity index (χ4n) is 4.27. The van der Waals surface area contributed by atoms with Crippen molar-refractivity contribution in [2.75, 3.05) is 26.0 Å². The molecule has 1 saturated heterocycles. The summed E-state index contributed by atoms with van der Waals surface area (Å²) in [5.41, 5.74) is 0.783. The molecule has 2 aliphatic rings. The van der Waals surface area contributed by atoms with Crippen molar-refractivity contribution >= 4 is 27.7 Å². The minimum absolute atomic E-state index is 0.0505. The number of benzene rings is 1. The Morgan fingerprint density at radius 3 is 2.31 bits per heavy atom. The second kappa shape index (κ2) is 9.23. The summed E-state index contributed by atoms with van der Waals surface area (Å²) in [5, 5.41) is 6.27. The number of carbonyl (C=O) groups excluding carboxylic acids is 2. The molecule has 0 aromatic heterocycles. The minimum Gasteiger partial charge on any atom is -0.325 e. The van der Waals surface area contributed by atoms with E-state index in [1.807, 2.05) is 4.72 Å². The maximum Gasteiger partial charge on any atom is 0.303 e. The van der Waals surface area contributed by atoms with E-state index in [1.54, 1.807) is 12.1 Å². The van der Waals surface area contributed by atoms with Gasteiger partial charge in [0.1, 0.15) is 0 Å². The molecule has 1 heterocycles. The summed E-state index contributed by atoms with van der Waals surface area (Å²) in [6.45, 7) is 0.860. The van der Waals surface area contributed by atoms with Crippen LogP contribution in [0, 0.1) is 11.8 Å². The van der Waals surface area contributed by atoms with Gasteiger partial charge in [-0.1, -0.05) is 32.1 Å². The van der Waals surface area contributed by atoms with Crippen LogP contribution in [0.1, 0.15) is 48.9 Å². The summed E-state index contributed by atoms with van der Waals surface area (Å²) in [6, 6.07) is 6.03. The molecule has 2 atom stereocenters. The molecular formula is C20H30N4O4S. The van der Waals surface area contributed by atoms with Gasteiger partial charge in [-0.3, -0.25) is 9.59 Å². The Hall–Kier alpha value is -1.97. The molecule has 29 heavy (non-hydrogen) atoms. The Morgan fingerprint density at radius 2 is 1.69 bits per heavy atom. The van der Waals surface area contributed by atoms with Gasteiger partial charge in [-0.15, -0.1) is 0 Å². The van der Waals surface area contributed by atoms with E-state index in [1.165, 1.54) is 58.3 Å². The Bertz CT molecular complexity index is 833. The maximum absolute atomic E-state index is 12.8.